The molecule has 1 aromatic heterocycles. The van der Waals surface area contributed by atoms with Crippen molar-refractivity contribution in [2.75, 3.05) is 19.4 Å². The van der Waals surface area contributed by atoms with Gasteiger partial charge >= 0.3 is 5.97 Å². The number of carbonyl (C=O) groups is 1. The Bertz CT molecular complexity index is 474. The number of esters is 1. The van der Waals surface area contributed by atoms with Gasteiger partial charge in [-0.25, -0.2) is 0 Å². The third kappa shape index (κ3) is 3.46. The Balaban J connectivity index is 1.94. The van der Waals surface area contributed by atoms with E-state index in [4.69, 9.17) is 9.15 Å². The maximum Gasteiger partial charge on any atom is 0.326 e. The van der Waals surface area contributed by atoms with Gasteiger partial charge in [0.25, 0.3) is 0 Å². The summed E-state index contributed by atoms with van der Waals surface area (Å²) < 4.78 is 10.6. The van der Waals surface area contributed by atoms with E-state index < -0.39 is 5.54 Å². The summed E-state index contributed by atoms with van der Waals surface area (Å²) in [6.07, 6.45) is 5.78. The number of aryl methyl sites for hydroxylation is 1. The summed E-state index contributed by atoms with van der Waals surface area (Å²) in [7, 11) is 1.88. The van der Waals surface area contributed by atoms with E-state index in [1.165, 1.54) is 4.90 Å². The van der Waals surface area contributed by atoms with Gasteiger partial charge in [-0.15, -0.1) is 11.8 Å². The van der Waals surface area contributed by atoms with E-state index in [1.807, 2.05) is 27.0 Å². The van der Waals surface area contributed by atoms with Crippen LogP contribution >= 0.6 is 11.8 Å². The van der Waals surface area contributed by atoms with Gasteiger partial charge in [-0.2, -0.15) is 0 Å². The lowest BCUT2D eigenvalue weighted by atomic mass is 9.85. The van der Waals surface area contributed by atoms with Gasteiger partial charge in [0.1, 0.15) is 11.3 Å². The van der Waals surface area contributed by atoms with Crippen molar-refractivity contribution in [2.45, 2.75) is 50.0 Å². The van der Waals surface area contributed by atoms with Crippen molar-refractivity contribution >= 4 is 17.7 Å². The van der Waals surface area contributed by atoms with Crippen LogP contribution in [0.15, 0.2) is 21.6 Å². The van der Waals surface area contributed by atoms with Crippen molar-refractivity contribution in [3.05, 3.63) is 18.1 Å². The summed E-state index contributed by atoms with van der Waals surface area (Å²) in [6.45, 7) is 4.29. The van der Waals surface area contributed by atoms with Crippen molar-refractivity contribution in [1.82, 2.24) is 5.32 Å². The lowest BCUT2D eigenvalue weighted by Crippen LogP contribution is -2.54. The van der Waals surface area contributed by atoms with Crippen molar-refractivity contribution in [3.63, 3.8) is 0 Å². The quantitative estimate of drug-likeness (QED) is 0.618. The van der Waals surface area contributed by atoms with Gasteiger partial charge in [-0.3, -0.25) is 4.79 Å². The zero-order valence-electron chi connectivity index (χ0n) is 13.1. The molecule has 2 atom stereocenters. The van der Waals surface area contributed by atoms with Gasteiger partial charge in [-0.05, 0) is 57.9 Å². The van der Waals surface area contributed by atoms with E-state index in [1.54, 1.807) is 18.0 Å². The molecule has 5 heteroatoms. The molecule has 118 valence electrons. The fraction of sp³-hybridized carbons (Fsp3) is 0.688. The van der Waals surface area contributed by atoms with Crippen LogP contribution in [0.4, 0.5) is 0 Å². The smallest absolute Gasteiger partial charge is 0.326 e. The predicted molar refractivity (Wildman–Crippen MR) is 84.6 cm³/mol. The molecule has 4 nitrogen and oxygen atoms in total. The summed E-state index contributed by atoms with van der Waals surface area (Å²) >= 11 is 1.80. The Morgan fingerprint density at radius 3 is 3.05 bits per heavy atom. The molecule has 1 aliphatic rings. The molecule has 1 aromatic rings. The van der Waals surface area contributed by atoms with Crippen LogP contribution < -0.4 is 5.32 Å². The Morgan fingerprint density at radius 2 is 2.43 bits per heavy atom. The minimum absolute atomic E-state index is 0.0838. The third-order valence-electron chi connectivity index (χ3n) is 4.44. The number of nitrogens with one attached hydrogen (secondary N) is 1. The van der Waals surface area contributed by atoms with Crippen LogP contribution in [-0.4, -0.2) is 30.9 Å². The molecule has 21 heavy (non-hydrogen) atoms. The summed E-state index contributed by atoms with van der Waals surface area (Å²) in [6, 6.07) is 2.01. The van der Waals surface area contributed by atoms with Crippen LogP contribution in [-0.2, 0) is 9.53 Å². The van der Waals surface area contributed by atoms with Crippen molar-refractivity contribution in [2.24, 2.45) is 5.92 Å². The van der Waals surface area contributed by atoms with Gasteiger partial charge in [0.15, 0.2) is 0 Å². The van der Waals surface area contributed by atoms with Crippen molar-refractivity contribution < 1.29 is 13.9 Å². The number of likely N-dealkylation sites (N-methyl/N-ethyl adjacent to an activating group) is 1. The monoisotopic (exact) mass is 311 g/mol. The van der Waals surface area contributed by atoms with Gasteiger partial charge in [0.2, 0.25) is 0 Å². The summed E-state index contributed by atoms with van der Waals surface area (Å²) in [5.41, 5.74) is -0.484. The number of furan rings is 1. The van der Waals surface area contributed by atoms with E-state index in [2.05, 4.69) is 5.32 Å². The first-order chi connectivity index (χ1) is 10.1. The fourth-order valence-corrected chi connectivity index (χ4v) is 4.29. The molecule has 0 aromatic carbocycles. The molecule has 0 aliphatic heterocycles. The number of hydrogen-bond donors (Lipinski definition) is 1. The zero-order valence-corrected chi connectivity index (χ0v) is 13.9. The van der Waals surface area contributed by atoms with Crippen LogP contribution in [0.2, 0.25) is 0 Å². The molecule has 1 heterocycles. The van der Waals surface area contributed by atoms with Crippen molar-refractivity contribution in [1.29, 1.82) is 0 Å². The van der Waals surface area contributed by atoms with E-state index in [0.717, 1.165) is 37.2 Å². The lowest BCUT2D eigenvalue weighted by molar-refractivity contribution is -0.152. The average molecular weight is 311 g/mol. The minimum Gasteiger partial charge on any atom is -0.468 e. The number of thioether (sulfide) groups is 1. The second kappa shape index (κ2) is 7.36. The highest BCUT2D eigenvalue weighted by molar-refractivity contribution is 7.99. The number of rotatable bonds is 7. The molecular weight excluding hydrogens is 286 g/mol. The molecule has 1 fully saturated rings. The fourth-order valence-electron chi connectivity index (χ4n) is 3.26. The standard InChI is InChI=1S/C16H25NO3S/c1-4-19-15(18)16(17-3)9-5-6-13(16)8-11-21-14-7-10-20-12(14)2/h7,10,13,17H,4-6,8-9,11H2,1-3H3. The largest absolute Gasteiger partial charge is 0.468 e. The molecule has 1 aliphatic carbocycles. The number of ether oxygens (including phenoxy) is 1. The first kappa shape index (κ1) is 16.4. The molecule has 2 rings (SSSR count). The molecule has 0 radical (unpaired) electrons. The molecule has 0 amide bonds. The Kier molecular flexibility index (Phi) is 5.76. The topological polar surface area (TPSA) is 51.5 Å². The maximum atomic E-state index is 12.3. The highest BCUT2D eigenvalue weighted by atomic mass is 32.2. The number of carbonyl (C=O) groups excluding carboxylic acids is 1. The summed E-state index contributed by atoms with van der Waals surface area (Å²) in [5, 5.41) is 3.26. The first-order valence-electron chi connectivity index (χ1n) is 7.67. The van der Waals surface area contributed by atoms with Gasteiger partial charge in [-0.1, -0.05) is 6.42 Å². The predicted octanol–water partition coefficient (Wildman–Crippen LogP) is 3.39. The van der Waals surface area contributed by atoms with Crippen LogP contribution in [0.1, 0.15) is 38.4 Å². The zero-order chi connectivity index (χ0) is 15.3. The third-order valence-corrected chi connectivity index (χ3v) is 5.62. The lowest BCUT2D eigenvalue weighted by Gasteiger charge is -2.32. The molecule has 0 spiro atoms. The first-order valence-corrected chi connectivity index (χ1v) is 8.65. The Morgan fingerprint density at radius 1 is 1.62 bits per heavy atom. The van der Waals surface area contributed by atoms with Gasteiger partial charge in [0.05, 0.1) is 12.9 Å². The van der Waals surface area contributed by atoms with E-state index >= 15 is 0 Å². The minimum atomic E-state index is -0.484. The molecule has 2 unspecified atom stereocenters. The van der Waals surface area contributed by atoms with E-state index in [0.29, 0.717) is 12.5 Å². The average Bonchev–Trinajstić information content (AvgIpc) is 3.07. The SMILES string of the molecule is CCOC(=O)C1(NC)CCCC1CCSc1ccoc1C. The van der Waals surface area contributed by atoms with E-state index in [9.17, 15) is 4.79 Å². The second-order valence-electron chi connectivity index (χ2n) is 5.51. The molecule has 0 bridgehead atoms. The van der Waals surface area contributed by atoms with Crippen LogP contribution in [0.3, 0.4) is 0 Å². The molecular formula is C16H25NO3S. The van der Waals surface area contributed by atoms with Crippen LogP contribution in [0.5, 0.6) is 0 Å². The molecule has 0 saturated heterocycles. The highest BCUT2D eigenvalue weighted by Gasteiger charge is 2.48. The van der Waals surface area contributed by atoms with Gasteiger partial charge in [0, 0.05) is 4.90 Å². The summed E-state index contributed by atoms with van der Waals surface area (Å²) in [5.74, 6) is 2.23. The summed E-state index contributed by atoms with van der Waals surface area (Å²) in [4.78, 5) is 13.5. The Labute approximate surface area is 131 Å². The van der Waals surface area contributed by atoms with Crippen LogP contribution in [0.25, 0.3) is 0 Å². The van der Waals surface area contributed by atoms with E-state index in [-0.39, 0.29) is 5.97 Å². The van der Waals surface area contributed by atoms with Gasteiger partial charge < -0.3 is 14.5 Å². The molecule has 1 N–H and O–H groups in total. The number of hydrogen-bond acceptors (Lipinski definition) is 5. The Hall–Kier alpha value is -0.940. The van der Waals surface area contributed by atoms with Crippen LogP contribution in [0, 0.1) is 12.8 Å². The van der Waals surface area contributed by atoms with Crippen molar-refractivity contribution in [3.8, 4) is 0 Å². The second-order valence-corrected chi connectivity index (χ2v) is 6.65. The normalized spacial score (nSPS) is 25.2. The highest BCUT2D eigenvalue weighted by Crippen LogP contribution is 2.40. The molecule has 1 saturated carbocycles. The maximum absolute atomic E-state index is 12.3.